The molecule has 4 aromatic rings. The van der Waals surface area contributed by atoms with Crippen molar-refractivity contribution in [2.45, 2.75) is 19.8 Å². The number of carbonyl (C=O) groups excluding carboxylic acids is 1. The third-order valence-electron chi connectivity index (χ3n) is 5.00. The van der Waals surface area contributed by atoms with Gasteiger partial charge in [0.05, 0.1) is 31.1 Å². The molecule has 5 nitrogen and oxygen atoms in total. The Kier molecular flexibility index (Phi) is 5.70. The first-order valence-electron chi connectivity index (χ1n) is 9.94. The Hall–Kier alpha value is -3.73. The van der Waals surface area contributed by atoms with E-state index in [1.165, 1.54) is 0 Å². The van der Waals surface area contributed by atoms with E-state index >= 15 is 0 Å². The second kappa shape index (κ2) is 8.74. The van der Waals surface area contributed by atoms with Gasteiger partial charge in [-0.2, -0.15) is 0 Å². The van der Waals surface area contributed by atoms with Crippen molar-refractivity contribution in [2.24, 2.45) is 0 Å². The van der Waals surface area contributed by atoms with E-state index in [0.717, 1.165) is 39.0 Å². The van der Waals surface area contributed by atoms with Crippen LogP contribution in [0.5, 0.6) is 5.75 Å². The Bertz CT molecular complexity index is 1190. The largest absolute Gasteiger partial charge is 0.497 e. The maximum absolute atomic E-state index is 12.6. The highest BCUT2D eigenvalue weighted by atomic mass is 16.5. The number of benzene rings is 3. The number of aromatic nitrogens is 2. The molecule has 0 aliphatic heterocycles. The quantitative estimate of drug-likeness (QED) is 0.495. The molecule has 0 aliphatic rings. The molecule has 4 rings (SSSR count). The lowest BCUT2D eigenvalue weighted by atomic mass is 10.0. The third-order valence-corrected chi connectivity index (χ3v) is 5.00. The smallest absolute Gasteiger partial charge is 0.229 e. The summed E-state index contributed by atoms with van der Waals surface area (Å²) in [5, 5.41) is 5.21. The molecule has 1 aromatic heterocycles. The number of aryl methyl sites for hydroxylation is 1. The molecule has 1 amide bonds. The van der Waals surface area contributed by atoms with E-state index < -0.39 is 0 Å². The number of carbonyl (C=O) groups is 1. The van der Waals surface area contributed by atoms with Gasteiger partial charge in [0.1, 0.15) is 5.75 Å². The van der Waals surface area contributed by atoms with E-state index in [2.05, 4.69) is 22.4 Å². The van der Waals surface area contributed by atoms with Gasteiger partial charge in [-0.15, -0.1) is 0 Å². The van der Waals surface area contributed by atoms with Gasteiger partial charge in [0.25, 0.3) is 0 Å². The summed E-state index contributed by atoms with van der Waals surface area (Å²) in [4.78, 5) is 21.8. The number of hydrogen-bond donors (Lipinski definition) is 1. The zero-order valence-electron chi connectivity index (χ0n) is 17.1. The van der Waals surface area contributed by atoms with Crippen LogP contribution in [0, 0.1) is 0 Å². The summed E-state index contributed by atoms with van der Waals surface area (Å²) in [6.45, 7) is 2.00. The molecule has 0 saturated carbocycles. The highest BCUT2D eigenvalue weighted by Gasteiger charge is 2.12. The molecule has 0 unspecified atom stereocenters. The van der Waals surface area contributed by atoms with Crippen molar-refractivity contribution in [1.29, 1.82) is 0 Å². The van der Waals surface area contributed by atoms with Crippen LogP contribution in [0.25, 0.3) is 22.0 Å². The zero-order chi connectivity index (χ0) is 20.9. The number of anilines is 1. The molecule has 5 heteroatoms. The van der Waals surface area contributed by atoms with E-state index in [9.17, 15) is 4.79 Å². The number of nitrogens with zero attached hydrogens (tertiary/aromatic N) is 2. The number of ether oxygens (including phenoxy) is 1. The molecule has 0 atom stereocenters. The van der Waals surface area contributed by atoms with Gasteiger partial charge >= 0.3 is 0 Å². The van der Waals surface area contributed by atoms with Crippen molar-refractivity contribution >= 4 is 22.5 Å². The summed E-state index contributed by atoms with van der Waals surface area (Å²) >= 11 is 0. The molecule has 30 heavy (non-hydrogen) atoms. The lowest BCUT2D eigenvalue weighted by molar-refractivity contribution is -0.115. The number of amides is 1. The molecule has 1 heterocycles. The van der Waals surface area contributed by atoms with Crippen LogP contribution >= 0.6 is 0 Å². The normalized spacial score (nSPS) is 10.7. The topological polar surface area (TPSA) is 64.1 Å². The summed E-state index contributed by atoms with van der Waals surface area (Å²) < 4.78 is 5.20. The monoisotopic (exact) mass is 397 g/mol. The summed E-state index contributed by atoms with van der Waals surface area (Å²) in [6.07, 6.45) is 2.64. The molecule has 3 aromatic carbocycles. The van der Waals surface area contributed by atoms with E-state index in [4.69, 9.17) is 9.72 Å². The third kappa shape index (κ3) is 4.30. The first-order chi connectivity index (χ1) is 14.7. The van der Waals surface area contributed by atoms with Gasteiger partial charge in [0.15, 0.2) is 5.82 Å². The number of rotatable bonds is 6. The van der Waals surface area contributed by atoms with Crippen LogP contribution in [-0.2, 0) is 17.6 Å². The Balaban J connectivity index is 1.50. The Morgan fingerprint density at radius 3 is 2.50 bits per heavy atom. The molecule has 150 valence electrons. The Morgan fingerprint density at radius 2 is 1.77 bits per heavy atom. The molecule has 0 saturated heterocycles. The molecule has 0 radical (unpaired) electrons. The predicted octanol–water partition coefficient (Wildman–Crippen LogP) is 5.05. The first-order valence-corrected chi connectivity index (χ1v) is 9.94. The van der Waals surface area contributed by atoms with Gasteiger partial charge in [-0.1, -0.05) is 49.4 Å². The van der Waals surface area contributed by atoms with Crippen LogP contribution in [0.15, 0.2) is 72.9 Å². The molecular formula is C25H23N3O2. The predicted molar refractivity (Wildman–Crippen MR) is 120 cm³/mol. The van der Waals surface area contributed by atoms with E-state index in [-0.39, 0.29) is 12.3 Å². The minimum atomic E-state index is -0.105. The van der Waals surface area contributed by atoms with Gasteiger partial charge in [-0.3, -0.25) is 4.79 Å². The standard InChI is InChI=1S/C25H23N3O2/c1-3-22-25(26-16-23(27-22)19-10-12-21(30-2)13-11-19)28-24(29)15-17-8-9-18-6-4-5-7-20(18)14-17/h4-14,16H,3,15H2,1-2H3,(H,26,28,29). The minimum absolute atomic E-state index is 0.105. The van der Waals surface area contributed by atoms with Gasteiger partial charge in [-0.05, 0) is 47.0 Å². The van der Waals surface area contributed by atoms with Gasteiger partial charge in [0.2, 0.25) is 5.91 Å². The summed E-state index contributed by atoms with van der Waals surface area (Å²) in [6, 6.07) is 21.9. The first kappa shape index (κ1) is 19.6. The lowest BCUT2D eigenvalue weighted by Crippen LogP contribution is -2.17. The number of hydrogen-bond acceptors (Lipinski definition) is 4. The highest BCUT2D eigenvalue weighted by molar-refractivity contribution is 5.93. The van der Waals surface area contributed by atoms with Gasteiger partial charge in [-0.25, -0.2) is 9.97 Å². The van der Waals surface area contributed by atoms with Crippen molar-refractivity contribution < 1.29 is 9.53 Å². The van der Waals surface area contributed by atoms with Crippen LogP contribution in [0.2, 0.25) is 0 Å². The Labute approximate surface area is 175 Å². The maximum Gasteiger partial charge on any atom is 0.229 e. The van der Waals surface area contributed by atoms with Crippen molar-refractivity contribution in [1.82, 2.24) is 9.97 Å². The zero-order valence-corrected chi connectivity index (χ0v) is 17.1. The summed E-state index contributed by atoms with van der Waals surface area (Å²) in [5.74, 6) is 1.20. The van der Waals surface area contributed by atoms with E-state index in [1.54, 1.807) is 13.3 Å². The number of nitrogens with one attached hydrogen (secondary N) is 1. The molecule has 0 aliphatic carbocycles. The second-order valence-corrected chi connectivity index (χ2v) is 7.04. The average Bonchev–Trinajstić information content (AvgIpc) is 2.79. The second-order valence-electron chi connectivity index (χ2n) is 7.04. The van der Waals surface area contributed by atoms with Crippen LogP contribution in [0.1, 0.15) is 18.2 Å². The minimum Gasteiger partial charge on any atom is -0.497 e. The van der Waals surface area contributed by atoms with Crippen LogP contribution in [-0.4, -0.2) is 23.0 Å². The Morgan fingerprint density at radius 1 is 1.00 bits per heavy atom. The van der Waals surface area contributed by atoms with Crippen LogP contribution in [0.3, 0.4) is 0 Å². The van der Waals surface area contributed by atoms with Crippen LogP contribution < -0.4 is 10.1 Å². The molecular weight excluding hydrogens is 374 g/mol. The van der Waals surface area contributed by atoms with Crippen molar-refractivity contribution in [3.8, 4) is 17.0 Å². The summed E-state index contributed by atoms with van der Waals surface area (Å²) in [5.41, 5.74) is 3.44. The van der Waals surface area contributed by atoms with Gasteiger partial charge < -0.3 is 10.1 Å². The van der Waals surface area contributed by atoms with E-state index in [0.29, 0.717) is 12.2 Å². The maximum atomic E-state index is 12.6. The average molecular weight is 397 g/mol. The van der Waals surface area contributed by atoms with Gasteiger partial charge in [0, 0.05) is 5.56 Å². The van der Waals surface area contributed by atoms with Crippen molar-refractivity contribution in [3.63, 3.8) is 0 Å². The van der Waals surface area contributed by atoms with E-state index in [1.807, 2.05) is 61.5 Å². The highest BCUT2D eigenvalue weighted by Crippen LogP contribution is 2.23. The fourth-order valence-corrected chi connectivity index (χ4v) is 3.39. The lowest BCUT2D eigenvalue weighted by Gasteiger charge is -2.11. The molecule has 1 N–H and O–H groups in total. The fourth-order valence-electron chi connectivity index (χ4n) is 3.39. The van der Waals surface area contributed by atoms with Crippen LogP contribution in [0.4, 0.5) is 5.82 Å². The van der Waals surface area contributed by atoms with Crippen molar-refractivity contribution in [2.75, 3.05) is 12.4 Å². The molecule has 0 spiro atoms. The fraction of sp³-hybridized carbons (Fsp3) is 0.160. The molecule has 0 bridgehead atoms. The summed E-state index contributed by atoms with van der Waals surface area (Å²) in [7, 11) is 1.64. The number of methoxy groups -OCH3 is 1. The van der Waals surface area contributed by atoms with Crippen molar-refractivity contribution in [3.05, 3.63) is 84.2 Å². The molecule has 0 fully saturated rings. The SMILES string of the molecule is CCc1nc(-c2ccc(OC)cc2)cnc1NC(=O)Cc1ccc2ccccc2c1. The number of fused-ring (bicyclic) bond motifs is 1.